The van der Waals surface area contributed by atoms with Crippen molar-refractivity contribution in [3.63, 3.8) is 0 Å². The van der Waals surface area contributed by atoms with Crippen LogP contribution in [0.15, 0.2) is 59.7 Å². The van der Waals surface area contributed by atoms with Gasteiger partial charge in [-0.1, -0.05) is 6.07 Å². The molecule has 4 heterocycles. The second kappa shape index (κ2) is 8.01. The summed E-state index contributed by atoms with van der Waals surface area (Å²) in [5.74, 6) is 0.0640. The zero-order valence-corrected chi connectivity index (χ0v) is 17.0. The summed E-state index contributed by atoms with van der Waals surface area (Å²) in [6.45, 7) is 2.13. The maximum atomic E-state index is 12.9. The molecule has 0 aliphatic carbocycles. The van der Waals surface area contributed by atoms with Gasteiger partial charge in [0, 0.05) is 28.4 Å². The minimum Gasteiger partial charge on any atom is -0.487 e. The van der Waals surface area contributed by atoms with Crippen LogP contribution in [-0.4, -0.2) is 16.1 Å². The predicted molar refractivity (Wildman–Crippen MR) is 116 cm³/mol. The van der Waals surface area contributed by atoms with Gasteiger partial charge in [0.15, 0.2) is 0 Å². The van der Waals surface area contributed by atoms with Crippen molar-refractivity contribution in [2.45, 2.75) is 26.0 Å². The smallest absolute Gasteiger partial charge is 0.258 e. The van der Waals surface area contributed by atoms with E-state index in [2.05, 4.69) is 22.4 Å². The van der Waals surface area contributed by atoms with E-state index in [-0.39, 0.29) is 12.2 Å². The second-order valence-corrected chi connectivity index (χ2v) is 8.43. The van der Waals surface area contributed by atoms with Gasteiger partial charge in [-0.15, -0.1) is 11.3 Å². The molecular formula is C23H20FN3O2S. The SMILES string of the molecule is O=c1cc(OCc2ccc(F)cn2)ccn1-c1ccc2c3c(sc2c1)CCCNC3. The lowest BCUT2D eigenvalue weighted by molar-refractivity contribution is 0.300. The number of nitrogens with one attached hydrogen (secondary N) is 1. The number of thiophene rings is 1. The number of ether oxygens (including phenoxy) is 1. The van der Waals surface area contributed by atoms with Crippen LogP contribution in [0.5, 0.6) is 5.75 Å². The molecule has 30 heavy (non-hydrogen) atoms. The number of aryl methyl sites for hydroxylation is 1. The number of benzene rings is 1. The molecule has 1 aliphatic heterocycles. The molecule has 0 unspecified atom stereocenters. The van der Waals surface area contributed by atoms with Gasteiger partial charge in [0.2, 0.25) is 0 Å². The number of aromatic nitrogens is 2. The van der Waals surface area contributed by atoms with Crippen molar-refractivity contribution in [2.24, 2.45) is 0 Å². The highest BCUT2D eigenvalue weighted by atomic mass is 32.1. The van der Waals surface area contributed by atoms with E-state index in [0.29, 0.717) is 11.4 Å². The summed E-state index contributed by atoms with van der Waals surface area (Å²) in [7, 11) is 0. The fourth-order valence-electron chi connectivity index (χ4n) is 3.74. The van der Waals surface area contributed by atoms with Crippen LogP contribution < -0.4 is 15.6 Å². The molecule has 1 aromatic carbocycles. The first kappa shape index (κ1) is 19.0. The maximum absolute atomic E-state index is 12.9. The van der Waals surface area contributed by atoms with E-state index in [9.17, 15) is 9.18 Å². The third-order valence-corrected chi connectivity index (χ3v) is 6.52. The van der Waals surface area contributed by atoms with E-state index in [4.69, 9.17) is 4.74 Å². The number of hydrogen-bond acceptors (Lipinski definition) is 5. The molecule has 5 rings (SSSR count). The molecule has 5 nitrogen and oxygen atoms in total. The summed E-state index contributed by atoms with van der Waals surface area (Å²) in [5, 5.41) is 4.76. The van der Waals surface area contributed by atoms with Crippen molar-refractivity contribution >= 4 is 21.4 Å². The van der Waals surface area contributed by atoms with Gasteiger partial charge < -0.3 is 10.1 Å². The average molecular weight is 421 g/mol. The molecule has 0 saturated carbocycles. The lowest BCUT2D eigenvalue weighted by atomic mass is 10.1. The Morgan fingerprint density at radius 2 is 2.13 bits per heavy atom. The number of hydrogen-bond donors (Lipinski definition) is 1. The Hall–Kier alpha value is -3.03. The van der Waals surface area contributed by atoms with E-state index in [1.165, 1.54) is 32.7 Å². The molecule has 0 atom stereocenters. The summed E-state index contributed by atoms with van der Waals surface area (Å²) in [4.78, 5) is 18.1. The Morgan fingerprint density at radius 1 is 1.20 bits per heavy atom. The first-order valence-corrected chi connectivity index (χ1v) is 10.7. The fraction of sp³-hybridized carbons (Fsp3) is 0.217. The molecule has 0 saturated heterocycles. The van der Waals surface area contributed by atoms with Crippen molar-refractivity contribution in [1.82, 2.24) is 14.9 Å². The Morgan fingerprint density at radius 3 is 2.97 bits per heavy atom. The van der Waals surface area contributed by atoms with Crippen LogP contribution in [0.25, 0.3) is 15.8 Å². The molecule has 0 radical (unpaired) electrons. The predicted octanol–water partition coefficient (Wildman–Crippen LogP) is 4.20. The van der Waals surface area contributed by atoms with Crippen molar-refractivity contribution in [3.05, 3.63) is 87.2 Å². The van der Waals surface area contributed by atoms with Crippen LogP contribution in [0.4, 0.5) is 4.39 Å². The number of fused-ring (bicyclic) bond motifs is 3. The topological polar surface area (TPSA) is 56.1 Å². The molecule has 0 amide bonds. The summed E-state index contributed by atoms with van der Waals surface area (Å²) >= 11 is 1.82. The summed E-state index contributed by atoms with van der Waals surface area (Å²) < 4.78 is 21.4. The molecule has 4 aromatic rings. The highest BCUT2D eigenvalue weighted by molar-refractivity contribution is 7.19. The van der Waals surface area contributed by atoms with Gasteiger partial charge >= 0.3 is 0 Å². The van der Waals surface area contributed by atoms with Gasteiger partial charge in [0.05, 0.1) is 17.6 Å². The van der Waals surface area contributed by atoms with E-state index in [0.717, 1.165) is 37.8 Å². The average Bonchev–Trinajstić information content (AvgIpc) is 2.93. The third-order valence-electron chi connectivity index (χ3n) is 5.26. The van der Waals surface area contributed by atoms with Crippen molar-refractivity contribution in [1.29, 1.82) is 0 Å². The number of halogens is 1. The fourth-order valence-corrected chi connectivity index (χ4v) is 5.03. The van der Waals surface area contributed by atoms with E-state index < -0.39 is 5.82 Å². The number of nitrogens with zero attached hydrogens (tertiary/aromatic N) is 2. The van der Waals surface area contributed by atoms with Crippen molar-refractivity contribution < 1.29 is 9.13 Å². The monoisotopic (exact) mass is 421 g/mol. The van der Waals surface area contributed by atoms with Gasteiger partial charge in [0.25, 0.3) is 5.56 Å². The first-order chi connectivity index (χ1) is 14.7. The second-order valence-electron chi connectivity index (χ2n) is 7.29. The van der Waals surface area contributed by atoms with Gasteiger partial charge in [0.1, 0.15) is 18.2 Å². The first-order valence-electron chi connectivity index (χ1n) is 9.89. The highest BCUT2D eigenvalue weighted by Gasteiger charge is 2.15. The Balaban J connectivity index is 1.39. The normalized spacial score (nSPS) is 13.8. The van der Waals surface area contributed by atoms with Crippen LogP contribution in [0, 0.1) is 5.82 Å². The van der Waals surface area contributed by atoms with E-state index in [1.54, 1.807) is 22.9 Å². The van der Waals surface area contributed by atoms with Crippen LogP contribution in [0.2, 0.25) is 0 Å². The zero-order chi connectivity index (χ0) is 20.5. The van der Waals surface area contributed by atoms with Gasteiger partial charge in [-0.25, -0.2) is 4.39 Å². The van der Waals surface area contributed by atoms with Gasteiger partial charge in [-0.3, -0.25) is 14.3 Å². The van der Waals surface area contributed by atoms with Crippen molar-refractivity contribution in [2.75, 3.05) is 6.54 Å². The van der Waals surface area contributed by atoms with Crippen LogP contribution >= 0.6 is 11.3 Å². The van der Waals surface area contributed by atoms with Crippen LogP contribution in [-0.2, 0) is 19.6 Å². The minimum atomic E-state index is -0.392. The Labute approximate surface area is 176 Å². The largest absolute Gasteiger partial charge is 0.487 e. The number of rotatable bonds is 4. The van der Waals surface area contributed by atoms with Crippen molar-refractivity contribution in [3.8, 4) is 11.4 Å². The Bertz CT molecular complexity index is 1260. The lowest BCUT2D eigenvalue weighted by Gasteiger charge is -2.09. The van der Waals surface area contributed by atoms with E-state index >= 15 is 0 Å². The molecule has 7 heteroatoms. The molecule has 3 aromatic heterocycles. The lowest BCUT2D eigenvalue weighted by Crippen LogP contribution is -2.16. The van der Waals surface area contributed by atoms with Crippen LogP contribution in [0.3, 0.4) is 0 Å². The van der Waals surface area contributed by atoms with E-state index in [1.807, 2.05) is 17.4 Å². The summed E-state index contributed by atoms with van der Waals surface area (Å²) in [6, 6.07) is 12.3. The molecule has 0 spiro atoms. The molecule has 1 aliphatic rings. The summed E-state index contributed by atoms with van der Waals surface area (Å²) in [5.41, 5.74) is 2.66. The highest BCUT2D eigenvalue weighted by Crippen LogP contribution is 2.34. The minimum absolute atomic E-state index is 0.168. The van der Waals surface area contributed by atoms with Crippen LogP contribution in [0.1, 0.15) is 22.6 Å². The molecule has 1 N–H and O–H groups in total. The van der Waals surface area contributed by atoms with Gasteiger partial charge in [-0.2, -0.15) is 0 Å². The maximum Gasteiger partial charge on any atom is 0.258 e. The Kier molecular flexibility index (Phi) is 5.06. The summed E-state index contributed by atoms with van der Waals surface area (Å²) in [6.07, 6.45) is 5.12. The van der Waals surface area contributed by atoms with Gasteiger partial charge in [-0.05, 0) is 60.7 Å². The molecule has 0 bridgehead atoms. The molecule has 152 valence electrons. The quantitative estimate of drug-likeness (QED) is 0.537. The zero-order valence-electron chi connectivity index (χ0n) is 16.2. The third kappa shape index (κ3) is 3.74. The number of pyridine rings is 2. The molecular weight excluding hydrogens is 401 g/mol. The standard InChI is InChI=1S/C23H20FN3O2S/c24-15-3-4-16(26-12-15)14-29-18-7-9-27(23(28)11-18)17-5-6-19-20-13-25-8-1-2-21(20)30-22(19)10-17/h3-7,9-12,25H,1-2,8,13-14H2. The molecule has 0 fully saturated rings.